The van der Waals surface area contributed by atoms with Crippen LogP contribution in [-0.4, -0.2) is 26.7 Å². The zero-order valence-corrected chi connectivity index (χ0v) is 12.8. The van der Waals surface area contributed by atoms with Gasteiger partial charge in [0.05, 0.1) is 4.90 Å². The lowest BCUT2D eigenvalue weighted by atomic mass is 10.2. The van der Waals surface area contributed by atoms with Crippen molar-refractivity contribution in [2.45, 2.75) is 37.5 Å². The lowest BCUT2D eigenvalue weighted by Crippen LogP contribution is -2.25. The van der Waals surface area contributed by atoms with Crippen molar-refractivity contribution in [2.75, 3.05) is 13.2 Å². The molecule has 0 unspecified atom stereocenters. The Morgan fingerprint density at radius 2 is 2.05 bits per heavy atom. The summed E-state index contributed by atoms with van der Waals surface area (Å²) < 4.78 is 40.1. The lowest BCUT2D eigenvalue weighted by molar-refractivity contribution is 0.350. The molecule has 1 aromatic rings. The molecule has 0 spiro atoms. The third-order valence-corrected chi connectivity index (χ3v) is 4.37. The van der Waals surface area contributed by atoms with Gasteiger partial charge < -0.3 is 5.11 Å². The monoisotopic (exact) mass is 313 g/mol. The number of hydrogen-bond acceptors (Lipinski definition) is 3. The summed E-state index contributed by atoms with van der Waals surface area (Å²) in [6.07, 6.45) is 3.85. The highest BCUT2D eigenvalue weighted by Crippen LogP contribution is 2.16. The van der Waals surface area contributed by atoms with Crippen molar-refractivity contribution in [3.63, 3.8) is 0 Å². The maximum Gasteiger partial charge on any atom is 0.241 e. The fourth-order valence-corrected chi connectivity index (χ4v) is 3.02. The van der Waals surface area contributed by atoms with Crippen LogP contribution in [0.15, 0.2) is 23.1 Å². The summed E-state index contributed by atoms with van der Waals surface area (Å²) in [5.41, 5.74) is 0.0464. The number of aliphatic hydroxyl groups excluding tert-OH is 1. The molecule has 21 heavy (non-hydrogen) atoms. The van der Waals surface area contributed by atoms with Crippen LogP contribution in [0, 0.1) is 17.7 Å². The molecule has 2 N–H and O–H groups in total. The van der Waals surface area contributed by atoms with Crippen molar-refractivity contribution in [2.24, 2.45) is 0 Å². The molecule has 0 heterocycles. The topological polar surface area (TPSA) is 66.4 Å². The molecule has 0 saturated heterocycles. The smallest absolute Gasteiger partial charge is 0.241 e. The quantitative estimate of drug-likeness (QED) is 0.598. The van der Waals surface area contributed by atoms with Gasteiger partial charge in [-0.25, -0.2) is 17.5 Å². The third kappa shape index (κ3) is 5.84. The van der Waals surface area contributed by atoms with Gasteiger partial charge in [0.1, 0.15) is 12.4 Å². The first kappa shape index (κ1) is 17.6. The molecule has 0 aromatic heterocycles. The van der Waals surface area contributed by atoms with Crippen LogP contribution in [0.25, 0.3) is 0 Å². The molecule has 0 fully saturated rings. The summed E-state index contributed by atoms with van der Waals surface area (Å²) in [7, 11) is -3.73. The van der Waals surface area contributed by atoms with Crippen molar-refractivity contribution in [3.8, 4) is 11.8 Å². The average molecular weight is 313 g/mol. The van der Waals surface area contributed by atoms with Gasteiger partial charge >= 0.3 is 0 Å². The Balaban J connectivity index is 2.87. The van der Waals surface area contributed by atoms with Gasteiger partial charge in [-0.15, -0.1) is 0 Å². The lowest BCUT2D eigenvalue weighted by Gasteiger charge is -2.08. The standard InChI is InChI=1S/C15H20FNO3S/c1-2-3-4-5-10-17-21(19,20)15-9-8-14(16)12-13(15)7-6-11-18/h8-9,12,17-18H,2-5,10-11H2,1H3. The van der Waals surface area contributed by atoms with Crippen molar-refractivity contribution in [1.82, 2.24) is 4.72 Å². The molecule has 0 aliphatic rings. The number of aliphatic hydroxyl groups is 1. The maximum atomic E-state index is 13.2. The first-order chi connectivity index (χ1) is 10.0. The van der Waals surface area contributed by atoms with Crippen LogP contribution in [0.3, 0.4) is 0 Å². The molecule has 1 aromatic carbocycles. The number of nitrogens with one attached hydrogen (secondary N) is 1. The summed E-state index contributed by atoms with van der Waals surface area (Å²) >= 11 is 0. The third-order valence-electron chi connectivity index (χ3n) is 2.86. The second-order valence-electron chi connectivity index (χ2n) is 4.56. The van der Waals surface area contributed by atoms with E-state index < -0.39 is 22.4 Å². The van der Waals surface area contributed by atoms with E-state index in [1.165, 1.54) is 6.07 Å². The number of benzene rings is 1. The van der Waals surface area contributed by atoms with Crippen LogP contribution in [0.1, 0.15) is 38.2 Å². The normalized spacial score (nSPS) is 11.0. The maximum absolute atomic E-state index is 13.2. The number of halogens is 1. The summed E-state index contributed by atoms with van der Waals surface area (Å²) in [4.78, 5) is -0.0691. The van der Waals surface area contributed by atoms with E-state index in [1.807, 2.05) is 0 Å². The van der Waals surface area contributed by atoms with Gasteiger partial charge in [0, 0.05) is 12.1 Å². The van der Waals surface area contributed by atoms with Crippen LogP contribution in [0.4, 0.5) is 4.39 Å². The van der Waals surface area contributed by atoms with Crippen LogP contribution >= 0.6 is 0 Å². The van der Waals surface area contributed by atoms with Gasteiger partial charge in [0.25, 0.3) is 0 Å². The Morgan fingerprint density at radius 3 is 2.71 bits per heavy atom. The minimum absolute atomic E-state index is 0.0464. The molecule has 0 saturated carbocycles. The van der Waals surface area contributed by atoms with Gasteiger partial charge in [-0.1, -0.05) is 38.0 Å². The van der Waals surface area contributed by atoms with E-state index in [0.717, 1.165) is 37.8 Å². The molecule has 0 aliphatic carbocycles. The SMILES string of the molecule is CCCCCCNS(=O)(=O)c1ccc(F)cc1C#CCO. The molecule has 0 radical (unpaired) electrons. The fourth-order valence-electron chi connectivity index (χ4n) is 1.81. The Kier molecular flexibility index (Phi) is 7.37. The zero-order valence-electron chi connectivity index (χ0n) is 12.0. The largest absolute Gasteiger partial charge is 0.384 e. The van der Waals surface area contributed by atoms with E-state index in [1.54, 1.807) is 0 Å². The molecule has 116 valence electrons. The Labute approximate surface area is 125 Å². The van der Waals surface area contributed by atoms with Crippen LogP contribution < -0.4 is 4.72 Å². The van der Waals surface area contributed by atoms with E-state index in [0.29, 0.717) is 6.54 Å². The molecule has 0 amide bonds. The molecular formula is C15H20FNO3S. The predicted molar refractivity (Wildman–Crippen MR) is 79.7 cm³/mol. The van der Waals surface area contributed by atoms with Gasteiger partial charge in [-0.2, -0.15) is 0 Å². The van der Waals surface area contributed by atoms with Crippen molar-refractivity contribution < 1.29 is 17.9 Å². The van der Waals surface area contributed by atoms with Gasteiger partial charge in [0.15, 0.2) is 0 Å². The molecule has 0 bridgehead atoms. The van der Waals surface area contributed by atoms with Gasteiger partial charge in [-0.05, 0) is 24.6 Å². The highest BCUT2D eigenvalue weighted by atomic mass is 32.2. The number of hydrogen-bond donors (Lipinski definition) is 2. The van der Waals surface area contributed by atoms with Crippen molar-refractivity contribution in [1.29, 1.82) is 0 Å². The molecule has 0 aliphatic heterocycles. The van der Waals surface area contributed by atoms with Crippen LogP contribution in [0.5, 0.6) is 0 Å². The highest BCUT2D eigenvalue weighted by Gasteiger charge is 2.17. The van der Waals surface area contributed by atoms with Gasteiger partial charge in [-0.3, -0.25) is 0 Å². The molecule has 6 heteroatoms. The van der Waals surface area contributed by atoms with E-state index in [4.69, 9.17) is 5.11 Å². The summed E-state index contributed by atoms with van der Waals surface area (Å²) in [6, 6.07) is 3.31. The second kappa shape index (κ2) is 8.78. The Bertz CT molecular complexity index is 618. The number of unbranched alkanes of at least 4 members (excludes halogenated alkanes) is 3. The minimum Gasteiger partial charge on any atom is -0.384 e. The van der Waals surface area contributed by atoms with Crippen molar-refractivity contribution in [3.05, 3.63) is 29.6 Å². The zero-order chi connectivity index (χ0) is 15.7. The second-order valence-corrected chi connectivity index (χ2v) is 6.29. The van der Waals surface area contributed by atoms with Gasteiger partial charge in [0.2, 0.25) is 10.0 Å². The Morgan fingerprint density at radius 1 is 1.29 bits per heavy atom. The van der Waals surface area contributed by atoms with Crippen LogP contribution in [0.2, 0.25) is 0 Å². The van der Waals surface area contributed by atoms with Crippen molar-refractivity contribution >= 4 is 10.0 Å². The first-order valence-electron chi connectivity index (χ1n) is 6.90. The summed E-state index contributed by atoms with van der Waals surface area (Å²) in [6.45, 7) is 2.00. The van der Waals surface area contributed by atoms with Crippen LogP contribution in [-0.2, 0) is 10.0 Å². The van der Waals surface area contributed by atoms with E-state index in [-0.39, 0.29) is 10.5 Å². The molecule has 4 nitrogen and oxygen atoms in total. The number of rotatable bonds is 7. The summed E-state index contributed by atoms with van der Waals surface area (Å²) in [5, 5.41) is 8.68. The first-order valence-corrected chi connectivity index (χ1v) is 8.38. The Hall–Kier alpha value is -1.42. The highest BCUT2D eigenvalue weighted by molar-refractivity contribution is 7.89. The minimum atomic E-state index is -3.73. The fraction of sp³-hybridized carbons (Fsp3) is 0.467. The van der Waals surface area contributed by atoms with E-state index >= 15 is 0 Å². The number of sulfonamides is 1. The van der Waals surface area contributed by atoms with E-state index in [2.05, 4.69) is 23.5 Å². The van der Waals surface area contributed by atoms with E-state index in [9.17, 15) is 12.8 Å². The average Bonchev–Trinajstić information content (AvgIpc) is 2.44. The molecule has 1 rings (SSSR count). The predicted octanol–water partition coefficient (Wildman–Crippen LogP) is 2.03. The molecular weight excluding hydrogens is 293 g/mol. The molecule has 0 atom stereocenters. The summed E-state index contributed by atoms with van der Waals surface area (Å²) in [5.74, 6) is 4.23.